The molecule has 0 amide bonds. The van der Waals surface area contributed by atoms with Crippen molar-refractivity contribution in [2.45, 2.75) is 11.4 Å². The Hall–Kier alpha value is -0.790. The van der Waals surface area contributed by atoms with Crippen molar-refractivity contribution in [2.24, 2.45) is 0 Å². The highest BCUT2D eigenvalue weighted by Gasteiger charge is 2.21. The second kappa shape index (κ2) is 5.68. The molecule has 19 heavy (non-hydrogen) atoms. The number of sulfonamides is 1. The molecule has 0 saturated heterocycles. The normalized spacial score (nSPS) is 11.7. The van der Waals surface area contributed by atoms with Gasteiger partial charge in [-0.2, -0.15) is 0 Å². The predicted molar refractivity (Wildman–Crippen MR) is 76.5 cm³/mol. The van der Waals surface area contributed by atoms with Crippen LogP contribution in [-0.2, 0) is 16.6 Å². The molecule has 0 aliphatic heterocycles. The number of hydrogen-bond acceptors (Lipinski definition) is 4. The first-order valence-corrected chi connectivity index (χ1v) is 8.22. The van der Waals surface area contributed by atoms with Crippen molar-refractivity contribution in [1.82, 2.24) is 4.72 Å². The Morgan fingerprint density at radius 1 is 1.32 bits per heavy atom. The van der Waals surface area contributed by atoms with Crippen molar-refractivity contribution < 1.29 is 13.5 Å². The Labute approximate surface area is 124 Å². The van der Waals surface area contributed by atoms with Gasteiger partial charge >= 0.3 is 0 Å². The number of aromatic hydroxyl groups is 1. The second-order valence-corrected chi connectivity index (χ2v) is 7.25. The van der Waals surface area contributed by atoms with Crippen LogP contribution in [0.15, 0.2) is 34.5 Å². The van der Waals surface area contributed by atoms with E-state index in [0.29, 0.717) is 0 Å². The van der Waals surface area contributed by atoms with Crippen LogP contribution >= 0.6 is 34.5 Å². The zero-order chi connectivity index (χ0) is 14.0. The molecule has 0 aliphatic rings. The molecule has 0 unspecified atom stereocenters. The molecule has 0 saturated carbocycles. The van der Waals surface area contributed by atoms with Gasteiger partial charge in [-0.25, -0.2) is 13.1 Å². The summed E-state index contributed by atoms with van der Waals surface area (Å²) in [6, 6.07) is 6.05. The van der Waals surface area contributed by atoms with Gasteiger partial charge in [-0.15, -0.1) is 11.3 Å². The van der Waals surface area contributed by atoms with Gasteiger partial charge in [0.25, 0.3) is 0 Å². The molecule has 0 atom stereocenters. The first-order chi connectivity index (χ1) is 8.90. The number of rotatable bonds is 4. The lowest BCUT2D eigenvalue weighted by Crippen LogP contribution is -2.23. The van der Waals surface area contributed by atoms with Gasteiger partial charge in [-0.05, 0) is 23.6 Å². The van der Waals surface area contributed by atoms with Crippen molar-refractivity contribution in [3.63, 3.8) is 0 Å². The van der Waals surface area contributed by atoms with E-state index in [4.69, 9.17) is 23.2 Å². The molecular weight excluding hydrogens is 329 g/mol. The van der Waals surface area contributed by atoms with Crippen molar-refractivity contribution >= 4 is 44.6 Å². The third-order valence-electron chi connectivity index (χ3n) is 2.30. The van der Waals surface area contributed by atoms with Crippen LogP contribution in [0.25, 0.3) is 0 Å². The third kappa shape index (κ3) is 3.40. The lowest BCUT2D eigenvalue weighted by molar-refractivity contribution is 0.458. The Kier molecular flexibility index (Phi) is 4.37. The van der Waals surface area contributed by atoms with Crippen molar-refractivity contribution in [3.05, 3.63) is 44.6 Å². The van der Waals surface area contributed by atoms with E-state index in [1.807, 2.05) is 11.4 Å². The molecular formula is C11H9Cl2NO3S2. The maximum atomic E-state index is 12.1. The van der Waals surface area contributed by atoms with Gasteiger partial charge in [0.2, 0.25) is 10.0 Å². The lowest BCUT2D eigenvalue weighted by Gasteiger charge is -2.09. The standard InChI is InChI=1S/C11H9Cl2NO3S2/c12-7-4-9(13)11(15)10(5-7)19(16,17)14-6-8-2-1-3-18-8/h1-5,14-15H,6H2. The topological polar surface area (TPSA) is 66.4 Å². The second-order valence-electron chi connectivity index (χ2n) is 3.64. The van der Waals surface area contributed by atoms with Gasteiger partial charge in [0.15, 0.2) is 5.75 Å². The number of thiophene rings is 1. The van der Waals surface area contributed by atoms with Gasteiger partial charge in [-0.1, -0.05) is 29.3 Å². The maximum absolute atomic E-state index is 12.1. The molecule has 2 aromatic rings. The molecule has 2 N–H and O–H groups in total. The largest absolute Gasteiger partial charge is 0.505 e. The van der Waals surface area contributed by atoms with E-state index in [-0.39, 0.29) is 21.5 Å². The molecule has 0 fully saturated rings. The Morgan fingerprint density at radius 2 is 2.05 bits per heavy atom. The minimum atomic E-state index is -3.87. The van der Waals surface area contributed by atoms with Crippen LogP contribution in [0.3, 0.4) is 0 Å². The van der Waals surface area contributed by atoms with Crippen LogP contribution in [-0.4, -0.2) is 13.5 Å². The number of phenolic OH excluding ortho intramolecular Hbond substituents is 1. The van der Waals surface area contributed by atoms with E-state index in [0.717, 1.165) is 10.9 Å². The summed E-state index contributed by atoms with van der Waals surface area (Å²) in [6.07, 6.45) is 0. The smallest absolute Gasteiger partial charge is 0.244 e. The van der Waals surface area contributed by atoms with Crippen LogP contribution in [0.1, 0.15) is 4.88 Å². The summed E-state index contributed by atoms with van der Waals surface area (Å²) in [4.78, 5) is 0.526. The Balaban J connectivity index is 2.29. The van der Waals surface area contributed by atoms with Crippen LogP contribution in [0.5, 0.6) is 5.75 Å². The first-order valence-electron chi connectivity index (χ1n) is 5.10. The van der Waals surface area contributed by atoms with E-state index in [1.165, 1.54) is 17.4 Å². The molecule has 0 bridgehead atoms. The molecule has 0 aliphatic carbocycles. The fraction of sp³-hybridized carbons (Fsp3) is 0.0909. The monoisotopic (exact) mass is 337 g/mol. The number of benzene rings is 1. The quantitative estimate of drug-likeness (QED) is 0.899. The van der Waals surface area contributed by atoms with E-state index >= 15 is 0 Å². The summed E-state index contributed by atoms with van der Waals surface area (Å²) in [5, 5.41) is 11.6. The van der Waals surface area contributed by atoms with Gasteiger partial charge < -0.3 is 5.11 Å². The average molecular weight is 338 g/mol. The third-order valence-corrected chi connectivity index (χ3v) is 5.10. The summed E-state index contributed by atoms with van der Waals surface area (Å²) in [6.45, 7) is 0.142. The zero-order valence-corrected chi connectivity index (χ0v) is 12.6. The highest BCUT2D eigenvalue weighted by molar-refractivity contribution is 7.89. The summed E-state index contributed by atoms with van der Waals surface area (Å²) in [5.74, 6) is -0.509. The Morgan fingerprint density at radius 3 is 2.68 bits per heavy atom. The maximum Gasteiger partial charge on any atom is 0.244 e. The number of hydrogen-bond donors (Lipinski definition) is 2. The molecule has 0 radical (unpaired) electrons. The predicted octanol–water partition coefficient (Wildman–Crippen LogP) is 3.24. The summed E-state index contributed by atoms with van der Waals surface area (Å²) in [5.41, 5.74) is 0. The molecule has 0 spiro atoms. The first kappa shape index (κ1) is 14.6. The van der Waals surface area contributed by atoms with Crippen LogP contribution in [0.4, 0.5) is 0 Å². The van der Waals surface area contributed by atoms with E-state index < -0.39 is 15.8 Å². The van der Waals surface area contributed by atoms with Gasteiger partial charge in [0.1, 0.15) is 4.90 Å². The van der Waals surface area contributed by atoms with Crippen molar-refractivity contribution in [3.8, 4) is 5.75 Å². The van der Waals surface area contributed by atoms with Crippen LogP contribution in [0, 0.1) is 0 Å². The number of phenols is 1. The minimum absolute atomic E-state index is 0.107. The van der Waals surface area contributed by atoms with Crippen molar-refractivity contribution in [1.29, 1.82) is 0 Å². The average Bonchev–Trinajstić information content (AvgIpc) is 2.84. The number of halogens is 2. The summed E-state index contributed by atoms with van der Waals surface area (Å²) in [7, 11) is -3.87. The Bertz CT molecular complexity index is 684. The molecule has 8 heteroatoms. The van der Waals surface area contributed by atoms with E-state index in [1.54, 1.807) is 6.07 Å². The van der Waals surface area contributed by atoms with Crippen LogP contribution < -0.4 is 4.72 Å². The van der Waals surface area contributed by atoms with E-state index in [2.05, 4.69) is 4.72 Å². The SMILES string of the molecule is O=S(=O)(NCc1cccs1)c1cc(Cl)cc(Cl)c1O. The molecule has 2 rings (SSSR count). The molecule has 1 heterocycles. The van der Waals surface area contributed by atoms with Crippen molar-refractivity contribution in [2.75, 3.05) is 0 Å². The highest BCUT2D eigenvalue weighted by atomic mass is 35.5. The fourth-order valence-corrected chi connectivity index (χ4v) is 3.90. The number of nitrogens with one attached hydrogen (secondary N) is 1. The fourth-order valence-electron chi connectivity index (χ4n) is 1.40. The van der Waals surface area contributed by atoms with E-state index in [9.17, 15) is 13.5 Å². The lowest BCUT2D eigenvalue weighted by atomic mass is 10.3. The molecule has 1 aromatic heterocycles. The van der Waals surface area contributed by atoms with Gasteiger partial charge in [0, 0.05) is 16.4 Å². The molecule has 102 valence electrons. The summed E-state index contributed by atoms with van der Waals surface area (Å²) < 4.78 is 26.5. The van der Waals surface area contributed by atoms with Crippen LogP contribution in [0.2, 0.25) is 10.0 Å². The van der Waals surface area contributed by atoms with Gasteiger partial charge in [0.05, 0.1) is 5.02 Å². The van der Waals surface area contributed by atoms with Gasteiger partial charge in [-0.3, -0.25) is 0 Å². The molecule has 4 nitrogen and oxygen atoms in total. The minimum Gasteiger partial charge on any atom is -0.505 e. The molecule has 1 aromatic carbocycles. The zero-order valence-electron chi connectivity index (χ0n) is 9.43. The summed E-state index contributed by atoms with van der Waals surface area (Å²) >= 11 is 12.9. The highest BCUT2D eigenvalue weighted by Crippen LogP contribution is 2.34.